The average molecular weight is 248 g/mol. The van der Waals surface area contributed by atoms with Crippen LogP contribution >= 0.6 is 0 Å². The van der Waals surface area contributed by atoms with Crippen LogP contribution in [0.5, 0.6) is 0 Å². The van der Waals surface area contributed by atoms with Gasteiger partial charge < -0.3 is 16.2 Å². The van der Waals surface area contributed by atoms with Gasteiger partial charge in [-0.2, -0.15) is 0 Å². The molecular weight excluding hydrogens is 239 g/mol. The third-order valence-electron chi connectivity index (χ3n) is 2.04. The second kappa shape index (κ2) is 4.25. The van der Waals surface area contributed by atoms with Crippen LogP contribution in [0.1, 0.15) is 0 Å². The zero-order valence-electron chi connectivity index (χ0n) is 7.16. The molecule has 1 radical (unpaired) electrons. The van der Waals surface area contributed by atoms with Crippen molar-refractivity contribution in [2.75, 3.05) is 0 Å². The first-order valence-corrected chi connectivity index (χ1v) is 3.89. The maximum Gasteiger partial charge on any atom is 0.0190 e. The van der Waals surface area contributed by atoms with Crippen molar-refractivity contribution in [3.05, 3.63) is 43.0 Å². The van der Waals surface area contributed by atoms with Gasteiger partial charge in [0.2, 0.25) is 0 Å². The van der Waals surface area contributed by atoms with Crippen LogP contribution in [0.25, 0.3) is 0 Å². The molecule has 0 fully saturated rings. The molecular formula is C10H9NOY-2. The summed E-state index contributed by atoms with van der Waals surface area (Å²) in [6, 6.07) is 0.204. The van der Waals surface area contributed by atoms with E-state index < -0.39 is 0 Å². The topological polar surface area (TPSA) is 29.1 Å². The Morgan fingerprint density at radius 3 is 2.77 bits per heavy atom. The van der Waals surface area contributed by atoms with Crippen LogP contribution in [0.2, 0.25) is 0 Å². The molecule has 0 aromatic rings. The summed E-state index contributed by atoms with van der Waals surface area (Å²) in [5, 5.41) is 3.05. The number of hydrogen-bond donors (Lipinski definition) is 1. The molecule has 0 saturated heterocycles. The van der Waals surface area contributed by atoms with Crippen molar-refractivity contribution in [2.45, 2.75) is 6.04 Å². The van der Waals surface area contributed by atoms with E-state index in [1.807, 2.05) is 24.3 Å². The van der Waals surface area contributed by atoms with Crippen LogP contribution < -0.4 is 5.32 Å². The van der Waals surface area contributed by atoms with Crippen LogP contribution in [-0.2, 0) is 37.5 Å². The summed E-state index contributed by atoms with van der Waals surface area (Å²) in [7, 11) is 0. The van der Waals surface area contributed by atoms with Gasteiger partial charge in [0.1, 0.15) is 0 Å². The molecule has 0 spiro atoms. The Morgan fingerprint density at radius 2 is 2.15 bits per heavy atom. The maximum absolute atomic E-state index is 10.9. The minimum Gasteiger partial charge on any atom is -0.488 e. The third kappa shape index (κ3) is 2.12. The Bertz CT molecular complexity index is 304. The SMILES string of the molecule is [CH2-]C(=O)C1=[C-]C2C=CC=CC2N1.[Y]. The number of ketones is 1. The van der Waals surface area contributed by atoms with Crippen molar-refractivity contribution in [1.29, 1.82) is 0 Å². The van der Waals surface area contributed by atoms with Gasteiger partial charge in [-0.15, -0.1) is 5.78 Å². The Balaban J connectivity index is 0.000000845. The predicted octanol–water partition coefficient (Wildman–Crippen LogP) is 0.788. The van der Waals surface area contributed by atoms with E-state index in [0.29, 0.717) is 5.70 Å². The Kier molecular flexibility index (Phi) is 3.51. The molecule has 1 N–H and O–H groups in total. The number of fused-ring (bicyclic) bond motifs is 1. The zero-order valence-corrected chi connectivity index (χ0v) is 10.00. The molecule has 0 aromatic carbocycles. The molecule has 3 heteroatoms. The fourth-order valence-electron chi connectivity index (χ4n) is 1.42. The molecule has 0 aromatic heterocycles. The number of allylic oxidation sites excluding steroid dienone is 3. The van der Waals surface area contributed by atoms with E-state index in [-0.39, 0.29) is 50.5 Å². The number of Topliss-reactive ketones (excluding diaryl/α,β-unsaturated/α-hetero) is 1. The summed E-state index contributed by atoms with van der Waals surface area (Å²) >= 11 is 0. The molecule has 0 saturated carbocycles. The molecule has 2 atom stereocenters. The maximum atomic E-state index is 10.9. The van der Waals surface area contributed by atoms with Crippen molar-refractivity contribution in [1.82, 2.24) is 5.32 Å². The van der Waals surface area contributed by atoms with Gasteiger partial charge in [-0.1, -0.05) is 30.2 Å². The molecule has 65 valence electrons. The van der Waals surface area contributed by atoms with Gasteiger partial charge in [0, 0.05) is 38.8 Å². The number of nitrogens with one attached hydrogen (secondary N) is 1. The molecule has 2 rings (SSSR count). The number of carbonyl (C=O) groups is 1. The van der Waals surface area contributed by atoms with E-state index in [4.69, 9.17) is 0 Å². The van der Waals surface area contributed by atoms with Crippen molar-refractivity contribution >= 4 is 5.78 Å². The molecule has 0 bridgehead atoms. The van der Waals surface area contributed by atoms with Crippen LogP contribution in [0.15, 0.2) is 30.0 Å². The second-order valence-electron chi connectivity index (χ2n) is 2.91. The molecule has 2 aliphatic rings. The van der Waals surface area contributed by atoms with Gasteiger partial charge in [-0.3, -0.25) is 12.6 Å². The first kappa shape index (κ1) is 10.7. The van der Waals surface area contributed by atoms with Crippen LogP contribution in [0.3, 0.4) is 0 Å². The number of hydrogen-bond acceptors (Lipinski definition) is 2. The van der Waals surface area contributed by atoms with Gasteiger partial charge >= 0.3 is 0 Å². The van der Waals surface area contributed by atoms with Crippen LogP contribution in [-0.4, -0.2) is 11.8 Å². The normalized spacial score (nSPS) is 28.5. The first-order chi connectivity index (χ1) is 5.77. The minimum atomic E-state index is -0.189. The van der Waals surface area contributed by atoms with Crippen molar-refractivity contribution in [3.63, 3.8) is 0 Å². The standard InChI is InChI=1S/C10H9NO.Y/c1-7(12)10-6-8-4-2-3-5-9(8)11-10;/h2-5,8-9,11H,1H2;/q-2;. The monoisotopic (exact) mass is 248 g/mol. The Hall–Kier alpha value is -0.336. The first-order valence-electron chi connectivity index (χ1n) is 3.89. The Morgan fingerprint density at radius 1 is 1.46 bits per heavy atom. The van der Waals surface area contributed by atoms with Crippen molar-refractivity contribution < 1.29 is 37.5 Å². The molecule has 2 nitrogen and oxygen atoms in total. The summed E-state index contributed by atoms with van der Waals surface area (Å²) in [5.41, 5.74) is 0.515. The average Bonchev–Trinajstić information content (AvgIpc) is 2.46. The van der Waals surface area contributed by atoms with Crippen LogP contribution in [0, 0.1) is 18.9 Å². The van der Waals surface area contributed by atoms with Crippen molar-refractivity contribution in [2.24, 2.45) is 5.92 Å². The van der Waals surface area contributed by atoms with Crippen LogP contribution in [0.4, 0.5) is 0 Å². The molecule has 0 amide bonds. The van der Waals surface area contributed by atoms with Crippen molar-refractivity contribution in [3.8, 4) is 0 Å². The summed E-state index contributed by atoms with van der Waals surface area (Å²) in [5.74, 6) is 0.0156. The van der Waals surface area contributed by atoms with Gasteiger partial charge in [0.05, 0.1) is 0 Å². The summed E-state index contributed by atoms with van der Waals surface area (Å²) in [6.45, 7) is 3.33. The largest absolute Gasteiger partial charge is 0.488 e. The summed E-state index contributed by atoms with van der Waals surface area (Å²) in [4.78, 5) is 10.9. The van der Waals surface area contributed by atoms with E-state index >= 15 is 0 Å². The van der Waals surface area contributed by atoms with Gasteiger partial charge in [-0.25, -0.2) is 0 Å². The number of carbonyl (C=O) groups excluding carboxylic acids is 1. The molecule has 13 heavy (non-hydrogen) atoms. The molecule has 1 aliphatic carbocycles. The summed E-state index contributed by atoms with van der Waals surface area (Å²) in [6.07, 6.45) is 11.0. The van der Waals surface area contributed by atoms with E-state index in [1.54, 1.807) is 0 Å². The summed E-state index contributed by atoms with van der Waals surface area (Å²) < 4.78 is 0. The Labute approximate surface area is 103 Å². The quantitative estimate of drug-likeness (QED) is 0.695. The molecule has 2 unspecified atom stereocenters. The fourth-order valence-corrected chi connectivity index (χ4v) is 1.42. The van der Waals surface area contributed by atoms with Gasteiger partial charge in [0.15, 0.2) is 0 Å². The second-order valence-corrected chi connectivity index (χ2v) is 2.91. The molecule has 1 aliphatic heterocycles. The zero-order chi connectivity index (χ0) is 8.55. The smallest absolute Gasteiger partial charge is 0.0190 e. The van der Waals surface area contributed by atoms with Gasteiger partial charge in [-0.05, 0) is 0 Å². The number of rotatable bonds is 1. The van der Waals surface area contributed by atoms with Gasteiger partial charge in [0.25, 0.3) is 0 Å². The van der Waals surface area contributed by atoms with E-state index in [9.17, 15) is 4.79 Å². The van der Waals surface area contributed by atoms with E-state index in [2.05, 4.69) is 18.3 Å². The minimum absolute atomic E-state index is 0. The predicted molar refractivity (Wildman–Crippen MR) is 45.8 cm³/mol. The van der Waals surface area contributed by atoms with E-state index in [0.717, 1.165) is 0 Å². The third-order valence-corrected chi connectivity index (χ3v) is 2.04. The van der Waals surface area contributed by atoms with E-state index in [1.165, 1.54) is 0 Å². The molecule has 1 heterocycles. The fraction of sp³-hybridized carbons (Fsp3) is 0.200.